The second-order valence-corrected chi connectivity index (χ2v) is 5.75. The van der Waals surface area contributed by atoms with E-state index in [1.807, 2.05) is 12.1 Å². The van der Waals surface area contributed by atoms with Crippen molar-refractivity contribution in [1.82, 2.24) is 0 Å². The summed E-state index contributed by atoms with van der Waals surface area (Å²) >= 11 is 3.51. The fraction of sp³-hybridized carbons (Fsp3) is 0.571. The van der Waals surface area contributed by atoms with Crippen molar-refractivity contribution in [2.75, 3.05) is 25.1 Å². The number of nitrogens with zero attached hydrogens (tertiary/aromatic N) is 1. The number of hydrogen-bond acceptors (Lipinski definition) is 3. The van der Waals surface area contributed by atoms with Crippen LogP contribution in [-0.4, -0.2) is 31.4 Å². The molecule has 0 amide bonds. The van der Waals surface area contributed by atoms with Crippen LogP contribution in [0.3, 0.4) is 0 Å². The Bertz CT molecular complexity index is 403. The van der Waals surface area contributed by atoms with Gasteiger partial charge in [-0.3, -0.25) is 0 Å². The summed E-state index contributed by atoms with van der Waals surface area (Å²) in [5.41, 5.74) is 2.06. The van der Waals surface area contributed by atoms with Gasteiger partial charge in [-0.25, -0.2) is 0 Å². The maximum absolute atomic E-state index is 9.60. The summed E-state index contributed by atoms with van der Waals surface area (Å²) in [6.45, 7) is 3.58. The lowest BCUT2D eigenvalue weighted by molar-refractivity contribution is 0.116. The van der Waals surface area contributed by atoms with Crippen molar-refractivity contribution in [2.24, 2.45) is 0 Å². The van der Waals surface area contributed by atoms with Gasteiger partial charge in [-0.1, -0.05) is 22.0 Å². The van der Waals surface area contributed by atoms with E-state index in [0.717, 1.165) is 35.3 Å². The third-order valence-electron chi connectivity index (χ3n) is 3.38. The van der Waals surface area contributed by atoms with Crippen molar-refractivity contribution in [3.63, 3.8) is 0 Å². The van der Waals surface area contributed by atoms with E-state index in [4.69, 9.17) is 4.74 Å². The van der Waals surface area contributed by atoms with E-state index in [1.165, 1.54) is 6.42 Å². The average Bonchev–Trinajstić information content (AvgIpc) is 2.81. The number of rotatable bonds is 4. The smallest absolute Gasteiger partial charge is 0.0772 e. The van der Waals surface area contributed by atoms with E-state index < -0.39 is 6.10 Å². The highest BCUT2D eigenvalue weighted by Crippen LogP contribution is 2.28. The van der Waals surface area contributed by atoms with Gasteiger partial charge in [0.15, 0.2) is 0 Å². The molecule has 0 aliphatic carbocycles. The van der Waals surface area contributed by atoms with Crippen molar-refractivity contribution in [1.29, 1.82) is 0 Å². The molecule has 1 heterocycles. The highest BCUT2D eigenvalue weighted by atomic mass is 79.9. The highest BCUT2D eigenvalue weighted by Gasteiger charge is 2.18. The van der Waals surface area contributed by atoms with Crippen LogP contribution in [0.4, 0.5) is 5.69 Å². The summed E-state index contributed by atoms with van der Waals surface area (Å²) in [5.74, 6) is 0. The molecule has 1 aromatic rings. The zero-order valence-electron chi connectivity index (χ0n) is 10.9. The standard InChI is InChI=1S/C14H20BrNO2/c1-10(17)13-6-5-11(8-14(13)15)16(2)9-12-4-3-7-18-12/h5-6,8,10,12,17H,3-4,7,9H2,1-2H3/t10-,12?/m0/s1. The van der Waals surface area contributed by atoms with Crippen molar-refractivity contribution in [3.8, 4) is 0 Å². The van der Waals surface area contributed by atoms with Gasteiger partial charge in [0.1, 0.15) is 0 Å². The summed E-state index contributed by atoms with van der Waals surface area (Å²) in [7, 11) is 2.07. The molecule has 100 valence electrons. The van der Waals surface area contributed by atoms with Crippen LogP contribution in [0.5, 0.6) is 0 Å². The number of aliphatic hydroxyl groups excluding tert-OH is 1. The van der Waals surface area contributed by atoms with Crippen LogP contribution >= 0.6 is 15.9 Å². The van der Waals surface area contributed by atoms with Crippen LogP contribution < -0.4 is 4.90 Å². The molecule has 3 nitrogen and oxygen atoms in total. The van der Waals surface area contributed by atoms with Gasteiger partial charge >= 0.3 is 0 Å². The first-order valence-electron chi connectivity index (χ1n) is 6.38. The van der Waals surface area contributed by atoms with Crippen LogP contribution in [0.15, 0.2) is 22.7 Å². The van der Waals surface area contributed by atoms with E-state index in [9.17, 15) is 5.11 Å². The molecule has 0 saturated carbocycles. The van der Waals surface area contributed by atoms with E-state index in [0.29, 0.717) is 6.10 Å². The van der Waals surface area contributed by atoms with E-state index in [1.54, 1.807) is 6.92 Å². The SMILES string of the molecule is C[C@H](O)c1ccc(N(C)CC2CCCO2)cc1Br. The molecular formula is C14H20BrNO2. The molecule has 1 saturated heterocycles. The number of anilines is 1. The van der Waals surface area contributed by atoms with Gasteiger partial charge < -0.3 is 14.7 Å². The predicted molar refractivity (Wildman–Crippen MR) is 77.0 cm³/mol. The van der Waals surface area contributed by atoms with E-state index in [2.05, 4.69) is 33.9 Å². The lowest BCUT2D eigenvalue weighted by atomic mass is 10.1. The summed E-state index contributed by atoms with van der Waals surface area (Å²) in [6, 6.07) is 6.06. The van der Waals surface area contributed by atoms with Crippen LogP contribution in [0.25, 0.3) is 0 Å². The van der Waals surface area contributed by atoms with Gasteiger partial charge in [0.05, 0.1) is 12.2 Å². The van der Waals surface area contributed by atoms with Gasteiger partial charge in [0.2, 0.25) is 0 Å². The monoisotopic (exact) mass is 313 g/mol. The number of likely N-dealkylation sites (N-methyl/N-ethyl adjacent to an activating group) is 1. The highest BCUT2D eigenvalue weighted by molar-refractivity contribution is 9.10. The number of hydrogen-bond donors (Lipinski definition) is 1. The summed E-state index contributed by atoms with van der Waals surface area (Å²) < 4.78 is 6.60. The number of aliphatic hydroxyl groups is 1. The summed E-state index contributed by atoms with van der Waals surface area (Å²) in [6.07, 6.45) is 2.22. The molecule has 1 aliphatic rings. The molecule has 0 spiro atoms. The Morgan fingerprint density at radius 2 is 2.33 bits per heavy atom. The first-order chi connectivity index (χ1) is 8.58. The Morgan fingerprint density at radius 3 is 2.89 bits per heavy atom. The maximum atomic E-state index is 9.60. The lowest BCUT2D eigenvalue weighted by Gasteiger charge is -2.23. The molecule has 2 rings (SSSR count). The Kier molecular flexibility index (Phi) is 4.65. The van der Waals surface area contributed by atoms with Gasteiger partial charge in [0, 0.05) is 30.4 Å². The molecule has 0 bridgehead atoms. The Balaban J connectivity index is 2.05. The first kappa shape index (κ1) is 13.8. The Hall–Kier alpha value is -0.580. The molecule has 4 heteroatoms. The molecule has 2 atom stereocenters. The first-order valence-corrected chi connectivity index (χ1v) is 7.17. The minimum Gasteiger partial charge on any atom is -0.389 e. The molecular weight excluding hydrogens is 294 g/mol. The molecule has 1 aromatic carbocycles. The molecule has 18 heavy (non-hydrogen) atoms. The summed E-state index contributed by atoms with van der Waals surface area (Å²) in [4.78, 5) is 2.20. The van der Waals surface area contributed by atoms with Crippen LogP contribution in [0, 0.1) is 0 Å². The van der Waals surface area contributed by atoms with Crippen LogP contribution in [0.2, 0.25) is 0 Å². The van der Waals surface area contributed by atoms with Crippen molar-refractivity contribution < 1.29 is 9.84 Å². The maximum Gasteiger partial charge on any atom is 0.0772 e. The fourth-order valence-electron chi connectivity index (χ4n) is 2.29. The minimum atomic E-state index is -0.447. The van der Waals surface area contributed by atoms with Crippen molar-refractivity contribution in [3.05, 3.63) is 28.2 Å². The zero-order valence-corrected chi connectivity index (χ0v) is 12.5. The van der Waals surface area contributed by atoms with E-state index in [-0.39, 0.29) is 0 Å². The molecule has 1 unspecified atom stereocenters. The normalized spacial score (nSPS) is 21.0. The van der Waals surface area contributed by atoms with Gasteiger partial charge in [-0.05, 0) is 37.5 Å². The Morgan fingerprint density at radius 1 is 1.56 bits per heavy atom. The molecule has 1 fully saturated rings. The molecule has 0 aromatic heterocycles. The largest absolute Gasteiger partial charge is 0.389 e. The van der Waals surface area contributed by atoms with E-state index >= 15 is 0 Å². The number of benzene rings is 1. The second kappa shape index (κ2) is 6.04. The van der Waals surface area contributed by atoms with Crippen LogP contribution in [-0.2, 0) is 4.74 Å². The van der Waals surface area contributed by atoms with Crippen LogP contribution in [0.1, 0.15) is 31.4 Å². The fourth-order valence-corrected chi connectivity index (χ4v) is 2.99. The second-order valence-electron chi connectivity index (χ2n) is 4.90. The van der Waals surface area contributed by atoms with Gasteiger partial charge in [-0.2, -0.15) is 0 Å². The van der Waals surface area contributed by atoms with Gasteiger partial charge in [-0.15, -0.1) is 0 Å². The predicted octanol–water partition coefficient (Wildman–Crippen LogP) is 3.12. The lowest BCUT2D eigenvalue weighted by Crippen LogP contribution is -2.28. The molecule has 0 radical (unpaired) electrons. The average molecular weight is 314 g/mol. The van der Waals surface area contributed by atoms with Crippen molar-refractivity contribution in [2.45, 2.75) is 32.0 Å². The zero-order chi connectivity index (χ0) is 13.1. The molecule has 1 N–H and O–H groups in total. The topological polar surface area (TPSA) is 32.7 Å². The number of halogens is 1. The quantitative estimate of drug-likeness (QED) is 0.927. The third-order valence-corrected chi connectivity index (χ3v) is 4.06. The van der Waals surface area contributed by atoms with Crippen molar-refractivity contribution >= 4 is 21.6 Å². The van der Waals surface area contributed by atoms with Gasteiger partial charge in [0.25, 0.3) is 0 Å². The third kappa shape index (κ3) is 3.25. The molecule has 1 aliphatic heterocycles. The Labute approximate surface area is 117 Å². The number of ether oxygens (including phenoxy) is 1. The summed E-state index contributed by atoms with van der Waals surface area (Å²) in [5, 5.41) is 9.60. The minimum absolute atomic E-state index is 0.352.